The lowest BCUT2D eigenvalue weighted by molar-refractivity contribution is 0.0948. The SMILES string of the molecule is COc1ncccc1C(=O)NCCn1nc(C)c(-c2cccs2)c1C. The van der Waals surface area contributed by atoms with Crippen LogP contribution >= 0.6 is 11.3 Å². The van der Waals surface area contributed by atoms with Crippen molar-refractivity contribution in [2.24, 2.45) is 0 Å². The van der Waals surface area contributed by atoms with Gasteiger partial charge in [0, 0.05) is 28.9 Å². The standard InChI is InChI=1S/C18H20N4O2S/c1-12-16(15-7-5-11-25-15)13(2)22(21-12)10-9-19-17(23)14-6-4-8-20-18(14)24-3/h4-8,11H,9-10H2,1-3H3,(H,19,23). The van der Waals surface area contributed by atoms with E-state index < -0.39 is 0 Å². The number of thiophene rings is 1. The van der Waals surface area contributed by atoms with Gasteiger partial charge in [0.25, 0.3) is 5.91 Å². The second-order valence-corrected chi connectivity index (χ2v) is 6.51. The molecule has 0 saturated heterocycles. The summed E-state index contributed by atoms with van der Waals surface area (Å²) in [6, 6.07) is 7.55. The molecule has 0 bridgehead atoms. The number of amides is 1. The van der Waals surface area contributed by atoms with Gasteiger partial charge in [0.1, 0.15) is 5.56 Å². The number of nitrogens with one attached hydrogen (secondary N) is 1. The van der Waals surface area contributed by atoms with Crippen LogP contribution in [0.3, 0.4) is 0 Å². The minimum Gasteiger partial charge on any atom is -0.480 e. The van der Waals surface area contributed by atoms with E-state index in [2.05, 4.69) is 33.8 Å². The van der Waals surface area contributed by atoms with Crippen LogP contribution in [-0.2, 0) is 6.54 Å². The van der Waals surface area contributed by atoms with E-state index >= 15 is 0 Å². The highest BCUT2D eigenvalue weighted by Crippen LogP contribution is 2.30. The van der Waals surface area contributed by atoms with Crippen LogP contribution in [0.2, 0.25) is 0 Å². The Bertz CT molecular complexity index is 871. The van der Waals surface area contributed by atoms with E-state index in [4.69, 9.17) is 4.74 Å². The van der Waals surface area contributed by atoms with Gasteiger partial charge in [0.15, 0.2) is 0 Å². The highest BCUT2D eigenvalue weighted by atomic mass is 32.1. The van der Waals surface area contributed by atoms with Crippen molar-refractivity contribution in [3.8, 4) is 16.3 Å². The fraction of sp³-hybridized carbons (Fsp3) is 0.278. The van der Waals surface area contributed by atoms with E-state index in [1.165, 1.54) is 17.6 Å². The Balaban J connectivity index is 1.67. The number of pyridine rings is 1. The summed E-state index contributed by atoms with van der Waals surface area (Å²) in [4.78, 5) is 17.6. The van der Waals surface area contributed by atoms with Crippen LogP contribution in [0.1, 0.15) is 21.7 Å². The number of nitrogens with zero attached hydrogens (tertiary/aromatic N) is 3. The van der Waals surface area contributed by atoms with Gasteiger partial charge in [-0.15, -0.1) is 11.3 Å². The Morgan fingerprint density at radius 3 is 2.88 bits per heavy atom. The summed E-state index contributed by atoms with van der Waals surface area (Å²) in [6.45, 7) is 5.15. The molecular formula is C18H20N4O2S. The summed E-state index contributed by atoms with van der Waals surface area (Å²) >= 11 is 1.70. The molecular weight excluding hydrogens is 336 g/mol. The molecule has 1 N–H and O–H groups in total. The Morgan fingerprint density at radius 1 is 1.32 bits per heavy atom. The van der Waals surface area contributed by atoms with Crippen LogP contribution in [0, 0.1) is 13.8 Å². The van der Waals surface area contributed by atoms with E-state index in [9.17, 15) is 4.79 Å². The molecule has 0 aromatic carbocycles. The van der Waals surface area contributed by atoms with Gasteiger partial charge in [0.2, 0.25) is 5.88 Å². The average molecular weight is 356 g/mol. The summed E-state index contributed by atoms with van der Waals surface area (Å²) < 4.78 is 7.06. The van der Waals surface area contributed by atoms with Gasteiger partial charge in [-0.25, -0.2) is 4.98 Å². The fourth-order valence-corrected chi connectivity index (χ4v) is 3.66. The van der Waals surface area contributed by atoms with E-state index in [1.807, 2.05) is 17.7 Å². The lowest BCUT2D eigenvalue weighted by Gasteiger charge is -2.09. The van der Waals surface area contributed by atoms with E-state index in [0.29, 0.717) is 24.5 Å². The third-order valence-corrected chi connectivity index (χ3v) is 4.85. The normalized spacial score (nSPS) is 10.7. The maximum absolute atomic E-state index is 12.3. The van der Waals surface area contributed by atoms with Crippen molar-refractivity contribution in [2.75, 3.05) is 13.7 Å². The van der Waals surface area contributed by atoms with Crippen LogP contribution < -0.4 is 10.1 Å². The maximum Gasteiger partial charge on any atom is 0.256 e. The van der Waals surface area contributed by atoms with Crippen molar-refractivity contribution in [3.05, 3.63) is 52.8 Å². The highest BCUT2D eigenvalue weighted by Gasteiger charge is 2.15. The van der Waals surface area contributed by atoms with E-state index in [1.54, 1.807) is 29.7 Å². The summed E-state index contributed by atoms with van der Waals surface area (Å²) in [7, 11) is 1.50. The first-order valence-electron chi connectivity index (χ1n) is 7.97. The number of hydrogen-bond donors (Lipinski definition) is 1. The average Bonchev–Trinajstić information content (AvgIpc) is 3.23. The van der Waals surface area contributed by atoms with Gasteiger partial charge >= 0.3 is 0 Å². The van der Waals surface area contributed by atoms with Crippen LogP contribution in [0.5, 0.6) is 5.88 Å². The van der Waals surface area contributed by atoms with Crippen molar-refractivity contribution in [3.63, 3.8) is 0 Å². The number of ether oxygens (including phenoxy) is 1. The van der Waals surface area contributed by atoms with Crippen LogP contribution in [-0.4, -0.2) is 34.3 Å². The molecule has 3 aromatic rings. The molecule has 0 aliphatic carbocycles. The molecule has 0 fully saturated rings. The molecule has 0 radical (unpaired) electrons. The van der Waals surface area contributed by atoms with Crippen LogP contribution in [0.15, 0.2) is 35.8 Å². The number of aromatic nitrogens is 3. The van der Waals surface area contributed by atoms with Gasteiger partial charge in [-0.1, -0.05) is 6.07 Å². The molecule has 0 unspecified atom stereocenters. The third kappa shape index (κ3) is 3.56. The topological polar surface area (TPSA) is 69.0 Å². The molecule has 0 spiro atoms. The second-order valence-electron chi connectivity index (χ2n) is 5.56. The number of carbonyl (C=O) groups is 1. The zero-order chi connectivity index (χ0) is 17.8. The molecule has 3 aromatic heterocycles. The predicted octanol–water partition coefficient (Wildman–Crippen LogP) is 3.06. The summed E-state index contributed by atoms with van der Waals surface area (Å²) in [5.74, 6) is 0.121. The van der Waals surface area contributed by atoms with Crippen LogP contribution in [0.25, 0.3) is 10.4 Å². The number of hydrogen-bond acceptors (Lipinski definition) is 5. The monoisotopic (exact) mass is 356 g/mol. The lowest BCUT2D eigenvalue weighted by atomic mass is 10.1. The van der Waals surface area contributed by atoms with Gasteiger partial charge in [-0.3, -0.25) is 9.48 Å². The van der Waals surface area contributed by atoms with E-state index in [0.717, 1.165) is 11.4 Å². The molecule has 3 rings (SSSR count). The molecule has 0 saturated carbocycles. The lowest BCUT2D eigenvalue weighted by Crippen LogP contribution is -2.28. The third-order valence-electron chi connectivity index (χ3n) is 3.97. The first kappa shape index (κ1) is 17.2. The van der Waals surface area contributed by atoms with Gasteiger partial charge in [-0.2, -0.15) is 5.10 Å². The van der Waals surface area contributed by atoms with Crippen LogP contribution in [0.4, 0.5) is 0 Å². The number of aryl methyl sites for hydroxylation is 1. The predicted molar refractivity (Wildman–Crippen MR) is 98.1 cm³/mol. The molecule has 25 heavy (non-hydrogen) atoms. The van der Waals surface area contributed by atoms with Gasteiger partial charge < -0.3 is 10.1 Å². The van der Waals surface area contributed by atoms with Crippen molar-refractivity contribution in [2.45, 2.75) is 20.4 Å². The first-order chi connectivity index (χ1) is 12.1. The molecule has 7 heteroatoms. The van der Waals surface area contributed by atoms with Gasteiger partial charge in [0.05, 0.1) is 19.3 Å². The molecule has 1 amide bonds. The Labute approximate surface area is 150 Å². The highest BCUT2D eigenvalue weighted by molar-refractivity contribution is 7.13. The van der Waals surface area contributed by atoms with Crippen molar-refractivity contribution in [1.29, 1.82) is 0 Å². The molecule has 6 nitrogen and oxygen atoms in total. The van der Waals surface area contributed by atoms with Crippen molar-refractivity contribution < 1.29 is 9.53 Å². The number of carbonyl (C=O) groups excluding carboxylic acids is 1. The smallest absolute Gasteiger partial charge is 0.256 e. The second kappa shape index (κ2) is 7.48. The Kier molecular flexibility index (Phi) is 5.14. The molecule has 130 valence electrons. The zero-order valence-corrected chi connectivity index (χ0v) is 15.3. The molecule has 3 heterocycles. The summed E-state index contributed by atoms with van der Waals surface area (Å²) in [5.41, 5.74) is 3.71. The van der Waals surface area contributed by atoms with E-state index in [-0.39, 0.29) is 5.91 Å². The number of rotatable bonds is 6. The Hall–Kier alpha value is -2.67. The summed E-state index contributed by atoms with van der Waals surface area (Å²) in [5, 5.41) is 9.56. The molecule has 0 aliphatic heterocycles. The van der Waals surface area contributed by atoms with Crippen molar-refractivity contribution >= 4 is 17.2 Å². The maximum atomic E-state index is 12.3. The quantitative estimate of drug-likeness (QED) is 0.737. The number of methoxy groups -OCH3 is 1. The first-order valence-corrected chi connectivity index (χ1v) is 8.85. The van der Waals surface area contributed by atoms with Gasteiger partial charge in [-0.05, 0) is 37.4 Å². The van der Waals surface area contributed by atoms with Crippen molar-refractivity contribution in [1.82, 2.24) is 20.1 Å². The zero-order valence-electron chi connectivity index (χ0n) is 14.4. The fourth-order valence-electron chi connectivity index (χ4n) is 2.79. The minimum atomic E-state index is -0.204. The minimum absolute atomic E-state index is 0.204. The molecule has 0 aliphatic rings. The Morgan fingerprint density at radius 2 is 2.16 bits per heavy atom. The largest absolute Gasteiger partial charge is 0.480 e. The summed E-state index contributed by atoms with van der Waals surface area (Å²) in [6.07, 6.45) is 1.59. The molecule has 0 atom stereocenters.